The van der Waals surface area contributed by atoms with Gasteiger partial charge >= 0.3 is 0 Å². The van der Waals surface area contributed by atoms with Crippen molar-refractivity contribution in [3.8, 4) is 5.95 Å². The highest BCUT2D eigenvalue weighted by Gasteiger charge is 2.48. The van der Waals surface area contributed by atoms with Crippen LogP contribution in [0.25, 0.3) is 5.95 Å². The molecule has 0 bridgehead atoms. The van der Waals surface area contributed by atoms with Gasteiger partial charge < -0.3 is 10.1 Å². The monoisotopic (exact) mass is 308 g/mol. The highest BCUT2D eigenvalue weighted by molar-refractivity contribution is 6.28. The Morgan fingerprint density at radius 1 is 1.38 bits per heavy atom. The Hall–Kier alpha value is -1.73. The number of anilines is 1. The molecule has 2 aromatic rings. The molecule has 1 saturated carbocycles. The van der Waals surface area contributed by atoms with Gasteiger partial charge in [0.1, 0.15) is 0 Å². The molecule has 0 saturated heterocycles. The SMILES string of the molecule is COC1CC(Nc2nc(Cl)nc(-n3cccn3)n2)C1(C)C. The maximum atomic E-state index is 5.97. The number of hydrogen-bond donors (Lipinski definition) is 1. The normalized spacial score (nSPS) is 23.6. The number of ether oxygens (including phenoxy) is 1. The fourth-order valence-electron chi connectivity index (χ4n) is 2.58. The molecule has 2 unspecified atom stereocenters. The molecule has 8 heteroatoms. The van der Waals surface area contributed by atoms with Gasteiger partial charge in [-0.2, -0.15) is 20.1 Å². The third-order valence-corrected chi connectivity index (χ3v) is 4.24. The van der Waals surface area contributed by atoms with E-state index in [0.29, 0.717) is 11.9 Å². The Morgan fingerprint density at radius 2 is 2.19 bits per heavy atom. The Balaban J connectivity index is 1.81. The molecule has 0 radical (unpaired) electrons. The van der Waals surface area contributed by atoms with E-state index in [0.717, 1.165) is 6.42 Å². The Kier molecular flexibility index (Phi) is 3.54. The van der Waals surface area contributed by atoms with Crippen molar-refractivity contribution in [2.75, 3.05) is 12.4 Å². The van der Waals surface area contributed by atoms with E-state index in [1.165, 1.54) is 0 Å². The van der Waals surface area contributed by atoms with Crippen molar-refractivity contribution >= 4 is 17.5 Å². The van der Waals surface area contributed by atoms with Crippen LogP contribution in [0.4, 0.5) is 5.95 Å². The Labute approximate surface area is 127 Å². The van der Waals surface area contributed by atoms with Crippen LogP contribution >= 0.6 is 11.6 Å². The average molecular weight is 309 g/mol. The van der Waals surface area contributed by atoms with E-state index in [4.69, 9.17) is 16.3 Å². The molecule has 0 aliphatic heterocycles. The summed E-state index contributed by atoms with van der Waals surface area (Å²) in [5, 5.41) is 7.54. The molecule has 1 aliphatic rings. The first-order valence-electron chi connectivity index (χ1n) is 6.71. The standard InChI is InChI=1S/C13H17ClN6O/c1-13(2)8(7-9(13)21-3)16-11-17-10(14)18-12(19-11)20-6-4-5-15-20/h4-6,8-9H,7H2,1-3H3,(H,16,17,18,19). The van der Waals surface area contributed by atoms with E-state index in [9.17, 15) is 0 Å². The molecule has 1 N–H and O–H groups in total. The van der Waals surface area contributed by atoms with E-state index in [2.05, 4.69) is 39.2 Å². The number of rotatable bonds is 4. The lowest BCUT2D eigenvalue weighted by Gasteiger charge is -2.51. The third kappa shape index (κ3) is 2.58. The fourth-order valence-corrected chi connectivity index (χ4v) is 2.74. The number of hydrogen-bond acceptors (Lipinski definition) is 6. The number of aromatic nitrogens is 5. The summed E-state index contributed by atoms with van der Waals surface area (Å²) in [5.41, 5.74) is 0.0136. The number of nitrogens with one attached hydrogen (secondary N) is 1. The van der Waals surface area contributed by atoms with Crippen LogP contribution < -0.4 is 5.32 Å². The van der Waals surface area contributed by atoms with Crippen molar-refractivity contribution in [3.05, 3.63) is 23.7 Å². The Bertz CT molecular complexity index is 630. The van der Waals surface area contributed by atoms with Gasteiger partial charge in [0.2, 0.25) is 11.2 Å². The predicted octanol–water partition coefficient (Wildman–Crippen LogP) is 1.94. The maximum Gasteiger partial charge on any atom is 0.256 e. The second kappa shape index (κ2) is 5.23. The van der Waals surface area contributed by atoms with Crippen molar-refractivity contribution in [1.29, 1.82) is 0 Å². The molecule has 3 rings (SSSR count). The van der Waals surface area contributed by atoms with Gasteiger partial charge in [-0.1, -0.05) is 13.8 Å². The van der Waals surface area contributed by atoms with E-state index in [-0.39, 0.29) is 22.8 Å². The Morgan fingerprint density at radius 3 is 2.81 bits per heavy atom. The molecule has 0 aromatic carbocycles. The molecule has 0 amide bonds. The molecule has 2 heterocycles. The summed E-state index contributed by atoms with van der Waals surface area (Å²) in [6.07, 6.45) is 4.55. The fraction of sp³-hybridized carbons (Fsp3) is 0.538. The quantitative estimate of drug-likeness (QED) is 0.930. The van der Waals surface area contributed by atoms with Crippen LogP contribution in [0.1, 0.15) is 20.3 Å². The summed E-state index contributed by atoms with van der Waals surface area (Å²) in [4.78, 5) is 12.6. The van der Waals surface area contributed by atoms with Crippen LogP contribution in [0.2, 0.25) is 5.28 Å². The van der Waals surface area contributed by atoms with E-state index in [1.807, 2.05) is 0 Å². The highest BCUT2D eigenvalue weighted by atomic mass is 35.5. The van der Waals surface area contributed by atoms with Crippen LogP contribution in [-0.4, -0.2) is 44.0 Å². The van der Waals surface area contributed by atoms with Gasteiger partial charge in [0.15, 0.2) is 0 Å². The summed E-state index contributed by atoms with van der Waals surface area (Å²) < 4.78 is 6.99. The summed E-state index contributed by atoms with van der Waals surface area (Å²) in [7, 11) is 1.73. The van der Waals surface area contributed by atoms with E-state index >= 15 is 0 Å². The van der Waals surface area contributed by atoms with Gasteiger partial charge in [-0.15, -0.1) is 0 Å². The minimum atomic E-state index is 0.0136. The van der Waals surface area contributed by atoms with E-state index < -0.39 is 0 Å². The van der Waals surface area contributed by atoms with E-state index in [1.54, 1.807) is 30.3 Å². The summed E-state index contributed by atoms with van der Waals surface area (Å²) in [6.45, 7) is 4.30. The zero-order valence-electron chi connectivity index (χ0n) is 12.1. The molecule has 112 valence electrons. The molecule has 2 aromatic heterocycles. The molecule has 1 aliphatic carbocycles. The minimum Gasteiger partial charge on any atom is -0.381 e. The first-order chi connectivity index (χ1) is 10.0. The van der Waals surface area contributed by atoms with Crippen molar-refractivity contribution in [1.82, 2.24) is 24.7 Å². The topological polar surface area (TPSA) is 77.8 Å². The maximum absolute atomic E-state index is 5.97. The van der Waals surface area contributed by atoms with Crippen molar-refractivity contribution in [2.45, 2.75) is 32.4 Å². The second-order valence-corrected chi connectivity index (χ2v) is 6.00. The number of nitrogens with zero attached hydrogens (tertiary/aromatic N) is 5. The van der Waals surface area contributed by atoms with Crippen LogP contribution in [0.3, 0.4) is 0 Å². The number of methoxy groups -OCH3 is 1. The van der Waals surface area contributed by atoms with Crippen LogP contribution in [0, 0.1) is 5.41 Å². The number of halogens is 1. The van der Waals surface area contributed by atoms with Crippen molar-refractivity contribution in [2.24, 2.45) is 5.41 Å². The summed E-state index contributed by atoms with van der Waals surface area (Å²) >= 11 is 5.97. The van der Waals surface area contributed by atoms with Gasteiger partial charge in [0, 0.05) is 31.0 Å². The van der Waals surface area contributed by atoms with Gasteiger partial charge in [-0.05, 0) is 24.1 Å². The molecule has 0 spiro atoms. The van der Waals surface area contributed by atoms with Gasteiger partial charge in [-0.25, -0.2) is 4.68 Å². The zero-order chi connectivity index (χ0) is 15.0. The van der Waals surface area contributed by atoms with Gasteiger partial charge in [0.25, 0.3) is 5.95 Å². The van der Waals surface area contributed by atoms with Gasteiger partial charge in [0.05, 0.1) is 6.10 Å². The molecule has 1 fully saturated rings. The third-order valence-electron chi connectivity index (χ3n) is 4.07. The molecule has 2 atom stereocenters. The van der Waals surface area contributed by atoms with Gasteiger partial charge in [-0.3, -0.25) is 0 Å². The summed E-state index contributed by atoms with van der Waals surface area (Å²) in [5.74, 6) is 0.844. The minimum absolute atomic E-state index is 0.0136. The van der Waals surface area contributed by atoms with Crippen molar-refractivity contribution in [3.63, 3.8) is 0 Å². The van der Waals surface area contributed by atoms with Crippen molar-refractivity contribution < 1.29 is 4.74 Å². The first-order valence-corrected chi connectivity index (χ1v) is 7.09. The van der Waals surface area contributed by atoms with Crippen LogP contribution in [0.5, 0.6) is 0 Å². The largest absolute Gasteiger partial charge is 0.381 e. The lowest BCUT2D eigenvalue weighted by Crippen LogP contribution is -2.57. The lowest BCUT2D eigenvalue weighted by atomic mass is 9.64. The second-order valence-electron chi connectivity index (χ2n) is 5.66. The molecule has 21 heavy (non-hydrogen) atoms. The summed E-state index contributed by atoms with van der Waals surface area (Å²) in [6, 6.07) is 2.02. The predicted molar refractivity (Wildman–Crippen MR) is 78.6 cm³/mol. The molecular weight excluding hydrogens is 292 g/mol. The lowest BCUT2D eigenvalue weighted by molar-refractivity contribution is -0.0796. The van der Waals surface area contributed by atoms with Crippen LogP contribution in [-0.2, 0) is 4.74 Å². The van der Waals surface area contributed by atoms with Crippen LogP contribution in [0.15, 0.2) is 18.5 Å². The molecule has 7 nitrogen and oxygen atoms in total. The first kappa shape index (κ1) is 14.2. The highest BCUT2D eigenvalue weighted by Crippen LogP contribution is 2.43. The molecular formula is C13H17ClN6O. The zero-order valence-corrected chi connectivity index (χ0v) is 12.9. The average Bonchev–Trinajstić information content (AvgIpc) is 2.96. The smallest absolute Gasteiger partial charge is 0.256 e.